The van der Waals surface area contributed by atoms with E-state index in [-0.39, 0.29) is 11.7 Å². The summed E-state index contributed by atoms with van der Waals surface area (Å²) in [5.74, 6) is -0.303. The summed E-state index contributed by atoms with van der Waals surface area (Å²) in [7, 11) is 0. The van der Waals surface area contributed by atoms with Crippen molar-refractivity contribution in [3.05, 3.63) is 71.4 Å². The molecular weight excluding hydrogens is 293 g/mol. The van der Waals surface area contributed by atoms with Gasteiger partial charge in [0.05, 0.1) is 12.2 Å². The van der Waals surface area contributed by atoms with Crippen molar-refractivity contribution in [2.45, 2.75) is 26.3 Å². The molecule has 4 nitrogen and oxygen atoms in total. The summed E-state index contributed by atoms with van der Waals surface area (Å²) in [5.41, 5.74) is 3.80. The fourth-order valence-electron chi connectivity index (χ4n) is 2.41. The number of pyridine rings is 1. The quantitative estimate of drug-likeness (QED) is 0.787. The molecule has 0 atom stereocenters. The van der Waals surface area contributed by atoms with Crippen molar-refractivity contribution in [2.24, 2.45) is 0 Å². The van der Waals surface area contributed by atoms with Gasteiger partial charge in [-0.25, -0.2) is 9.37 Å². The fourth-order valence-corrected chi connectivity index (χ4v) is 2.41. The van der Waals surface area contributed by atoms with E-state index in [0.29, 0.717) is 19.4 Å². The van der Waals surface area contributed by atoms with Crippen LogP contribution in [0.1, 0.15) is 23.2 Å². The van der Waals surface area contributed by atoms with E-state index in [2.05, 4.69) is 10.3 Å². The van der Waals surface area contributed by atoms with E-state index in [0.717, 1.165) is 22.5 Å². The normalized spacial score (nSPS) is 10.9. The van der Waals surface area contributed by atoms with Crippen LogP contribution in [0.15, 0.2) is 48.8 Å². The molecule has 118 valence electrons. The number of rotatable bonds is 5. The first-order valence-electron chi connectivity index (χ1n) is 7.55. The van der Waals surface area contributed by atoms with E-state index in [1.54, 1.807) is 12.1 Å². The highest BCUT2D eigenvalue weighted by Crippen LogP contribution is 2.08. The van der Waals surface area contributed by atoms with E-state index < -0.39 is 0 Å². The van der Waals surface area contributed by atoms with Gasteiger partial charge in [-0.3, -0.25) is 4.79 Å². The van der Waals surface area contributed by atoms with Gasteiger partial charge in [-0.1, -0.05) is 12.1 Å². The Labute approximate surface area is 134 Å². The van der Waals surface area contributed by atoms with Crippen LogP contribution in [0.25, 0.3) is 5.65 Å². The van der Waals surface area contributed by atoms with Gasteiger partial charge in [0.1, 0.15) is 11.5 Å². The molecule has 0 aliphatic heterocycles. The highest BCUT2D eigenvalue weighted by Gasteiger charge is 2.05. The predicted octanol–water partition coefficient (Wildman–Crippen LogP) is 3.03. The number of nitrogens with zero attached hydrogens (tertiary/aromatic N) is 2. The standard InChI is InChI=1S/C18H18FN3O/c1-13-8-9-22-12-16(21-17(22)10-13)11-20-18(23)7-4-14-2-5-15(19)6-3-14/h2-3,5-6,8-10,12H,4,7,11H2,1H3,(H,20,23). The zero-order chi connectivity index (χ0) is 16.2. The third-order valence-corrected chi connectivity index (χ3v) is 3.69. The molecular formula is C18H18FN3O. The van der Waals surface area contributed by atoms with Gasteiger partial charge < -0.3 is 9.72 Å². The molecule has 2 heterocycles. The molecule has 0 bridgehead atoms. The van der Waals surface area contributed by atoms with Crippen LogP contribution in [0, 0.1) is 12.7 Å². The first kappa shape index (κ1) is 15.2. The molecule has 5 heteroatoms. The number of hydrogen-bond acceptors (Lipinski definition) is 2. The lowest BCUT2D eigenvalue weighted by molar-refractivity contribution is -0.121. The molecule has 0 radical (unpaired) electrons. The van der Waals surface area contributed by atoms with Crippen molar-refractivity contribution in [1.29, 1.82) is 0 Å². The Morgan fingerprint density at radius 2 is 2.04 bits per heavy atom. The van der Waals surface area contributed by atoms with E-state index in [9.17, 15) is 9.18 Å². The first-order chi connectivity index (χ1) is 11.1. The van der Waals surface area contributed by atoms with Crippen LogP contribution < -0.4 is 5.32 Å². The maximum absolute atomic E-state index is 12.8. The molecule has 0 aliphatic carbocycles. The van der Waals surface area contributed by atoms with Crippen LogP contribution in [0.2, 0.25) is 0 Å². The van der Waals surface area contributed by atoms with Crippen LogP contribution in [0.5, 0.6) is 0 Å². The minimum atomic E-state index is -0.264. The van der Waals surface area contributed by atoms with E-state index in [4.69, 9.17) is 0 Å². The third kappa shape index (κ3) is 3.94. The van der Waals surface area contributed by atoms with Crippen molar-refractivity contribution >= 4 is 11.6 Å². The molecule has 0 saturated heterocycles. The maximum atomic E-state index is 12.8. The third-order valence-electron chi connectivity index (χ3n) is 3.69. The Hall–Kier alpha value is -2.69. The highest BCUT2D eigenvalue weighted by atomic mass is 19.1. The minimum absolute atomic E-state index is 0.0393. The number of halogens is 1. The zero-order valence-electron chi connectivity index (χ0n) is 12.9. The van der Waals surface area contributed by atoms with E-state index in [1.165, 1.54) is 12.1 Å². The van der Waals surface area contributed by atoms with Gasteiger partial charge in [-0.15, -0.1) is 0 Å². The molecule has 23 heavy (non-hydrogen) atoms. The summed E-state index contributed by atoms with van der Waals surface area (Å²) >= 11 is 0. The second-order valence-electron chi connectivity index (χ2n) is 5.60. The minimum Gasteiger partial charge on any atom is -0.350 e. The average Bonchev–Trinajstić information content (AvgIpc) is 2.94. The van der Waals surface area contributed by atoms with Crippen LogP contribution in [-0.2, 0) is 17.8 Å². The zero-order valence-corrected chi connectivity index (χ0v) is 12.9. The lowest BCUT2D eigenvalue weighted by Crippen LogP contribution is -2.23. The molecule has 3 rings (SSSR count). The summed E-state index contributed by atoms with van der Waals surface area (Å²) in [6, 6.07) is 10.2. The number of amides is 1. The number of aromatic nitrogens is 2. The largest absolute Gasteiger partial charge is 0.350 e. The van der Waals surface area contributed by atoms with Crippen LogP contribution in [0.4, 0.5) is 4.39 Å². The number of carbonyl (C=O) groups excluding carboxylic acids is 1. The lowest BCUT2D eigenvalue weighted by Gasteiger charge is -2.03. The van der Waals surface area contributed by atoms with Gasteiger partial charge in [-0.2, -0.15) is 0 Å². The molecule has 2 aromatic heterocycles. The van der Waals surface area contributed by atoms with Gasteiger partial charge in [-0.05, 0) is 48.7 Å². The van der Waals surface area contributed by atoms with Gasteiger partial charge in [0.15, 0.2) is 0 Å². The van der Waals surface area contributed by atoms with Gasteiger partial charge in [0, 0.05) is 18.8 Å². The van der Waals surface area contributed by atoms with Gasteiger partial charge in [0.25, 0.3) is 0 Å². The Balaban J connectivity index is 1.52. The SMILES string of the molecule is Cc1ccn2cc(CNC(=O)CCc3ccc(F)cc3)nc2c1. The van der Waals surface area contributed by atoms with Gasteiger partial charge in [0.2, 0.25) is 5.91 Å². The fraction of sp³-hybridized carbons (Fsp3) is 0.222. The van der Waals surface area contributed by atoms with Crippen molar-refractivity contribution in [3.8, 4) is 0 Å². The Morgan fingerprint density at radius 3 is 2.83 bits per heavy atom. The molecule has 1 aromatic carbocycles. The number of hydrogen-bond donors (Lipinski definition) is 1. The molecule has 1 amide bonds. The summed E-state index contributed by atoms with van der Waals surface area (Å²) in [4.78, 5) is 16.4. The molecule has 3 aromatic rings. The summed E-state index contributed by atoms with van der Waals surface area (Å²) in [5, 5.41) is 2.87. The Kier molecular flexibility index (Phi) is 4.37. The number of benzene rings is 1. The smallest absolute Gasteiger partial charge is 0.220 e. The van der Waals surface area contributed by atoms with Crippen LogP contribution in [0.3, 0.4) is 0 Å². The van der Waals surface area contributed by atoms with E-state index in [1.807, 2.05) is 35.9 Å². The highest BCUT2D eigenvalue weighted by molar-refractivity contribution is 5.76. The molecule has 0 unspecified atom stereocenters. The van der Waals surface area contributed by atoms with Crippen LogP contribution in [-0.4, -0.2) is 15.3 Å². The molecule has 0 fully saturated rings. The number of aryl methyl sites for hydroxylation is 2. The number of nitrogens with one attached hydrogen (secondary N) is 1. The Morgan fingerprint density at radius 1 is 1.26 bits per heavy atom. The van der Waals surface area contributed by atoms with Crippen molar-refractivity contribution in [1.82, 2.24) is 14.7 Å². The predicted molar refractivity (Wildman–Crippen MR) is 86.5 cm³/mol. The number of imidazole rings is 1. The lowest BCUT2D eigenvalue weighted by atomic mass is 10.1. The van der Waals surface area contributed by atoms with Gasteiger partial charge >= 0.3 is 0 Å². The van der Waals surface area contributed by atoms with E-state index >= 15 is 0 Å². The summed E-state index contributed by atoms with van der Waals surface area (Å²) in [6.45, 7) is 2.43. The number of carbonyl (C=O) groups is 1. The number of fused-ring (bicyclic) bond motifs is 1. The van der Waals surface area contributed by atoms with Crippen LogP contribution >= 0.6 is 0 Å². The van der Waals surface area contributed by atoms with Crippen molar-refractivity contribution in [3.63, 3.8) is 0 Å². The Bertz CT molecular complexity index is 824. The maximum Gasteiger partial charge on any atom is 0.220 e. The molecule has 0 saturated carbocycles. The first-order valence-corrected chi connectivity index (χ1v) is 7.55. The molecule has 1 N–H and O–H groups in total. The second-order valence-corrected chi connectivity index (χ2v) is 5.60. The van der Waals surface area contributed by atoms with Crippen molar-refractivity contribution < 1.29 is 9.18 Å². The topological polar surface area (TPSA) is 46.4 Å². The molecule has 0 spiro atoms. The second kappa shape index (κ2) is 6.60. The molecule has 0 aliphatic rings. The summed E-state index contributed by atoms with van der Waals surface area (Å²) in [6.07, 6.45) is 4.83. The van der Waals surface area contributed by atoms with Crippen molar-refractivity contribution in [2.75, 3.05) is 0 Å². The average molecular weight is 311 g/mol. The monoisotopic (exact) mass is 311 g/mol. The summed E-state index contributed by atoms with van der Waals surface area (Å²) < 4.78 is 14.8.